The van der Waals surface area contributed by atoms with Crippen molar-refractivity contribution in [3.8, 4) is 0 Å². The fraction of sp³-hybridized carbons (Fsp3) is 0.273. The van der Waals surface area contributed by atoms with E-state index in [0.29, 0.717) is 0 Å². The van der Waals surface area contributed by atoms with E-state index in [-0.39, 0.29) is 0 Å². The average Bonchev–Trinajstić information content (AvgIpc) is 2.15. The first-order chi connectivity index (χ1) is 6.59. The molecule has 0 aliphatic heterocycles. The smallest absolute Gasteiger partial charge is 0.0406 e. The second-order valence-electron chi connectivity index (χ2n) is 3.32. The second kappa shape index (κ2) is 5.54. The van der Waals surface area contributed by atoms with E-state index in [4.69, 9.17) is 11.6 Å². The Morgan fingerprint density at radius 2 is 1.93 bits per heavy atom. The van der Waals surface area contributed by atoms with Crippen molar-refractivity contribution in [3.05, 3.63) is 40.9 Å². The molecule has 1 aromatic rings. The van der Waals surface area contributed by atoms with Crippen LogP contribution in [0.25, 0.3) is 4.48 Å². The van der Waals surface area contributed by atoms with Crippen molar-refractivity contribution in [2.45, 2.75) is 0 Å². The topological polar surface area (TPSA) is 3.24 Å². The number of hydrogen-bond acceptors (Lipinski definition) is 1. The minimum absolute atomic E-state index is 0.765. The maximum absolute atomic E-state index is 5.80. The lowest BCUT2D eigenvalue weighted by Gasteiger charge is -2.06. The predicted octanol–water partition coefficient (Wildman–Crippen LogP) is 3.64. The first-order valence-corrected chi connectivity index (χ1v) is 5.53. The van der Waals surface area contributed by atoms with Gasteiger partial charge in [-0.15, -0.1) is 0 Å². The summed E-state index contributed by atoms with van der Waals surface area (Å²) in [6.45, 7) is 0.920. The van der Waals surface area contributed by atoms with Gasteiger partial charge in [-0.3, -0.25) is 0 Å². The van der Waals surface area contributed by atoms with Crippen LogP contribution in [-0.2, 0) is 0 Å². The van der Waals surface area contributed by atoms with Gasteiger partial charge in [0.25, 0.3) is 0 Å². The van der Waals surface area contributed by atoms with Crippen LogP contribution in [0.3, 0.4) is 0 Å². The normalized spacial score (nSPS) is 12.2. The molecule has 0 amide bonds. The quantitative estimate of drug-likeness (QED) is 0.813. The van der Waals surface area contributed by atoms with Crippen molar-refractivity contribution >= 4 is 32.0 Å². The van der Waals surface area contributed by atoms with E-state index in [1.165, 1.54) is 0 Å². The third-order valence-electron chi connectivity index (χ3n) is 1.76. The lowest BCUT2D eigenvalue weighted by Crippen LogP contribution is -2.10. The minimum atomic E-state index is 0.765. The summed E-state index contributed by atoms with van der Waals surface area (Å²) < 4.78 is 1.10. The summed E-state index contributed by atoms with van der Waals surface area (Å²) in [5, 5.41) is 0.765. The van der Waals surface area contributed by atoms with Gasteiger partial charge in [0.05, 0.1) is 0 Å². The van der Waals surface area contributed by atoms with Gasteiger partial charge in [-0.05, 0) is 31.8 Å². The molecule has 0 heterocycles. The molecule has 0 saturated carbocycles. The Hall–Kier alpha value is -0.310. The van der Waals surface area contributed by atoms with Crippen molar-refractivity contribution in [1.29, 1.82) is 0 Å². The number of nitrogens with zero attached hydrogens (tertiary/aromatic N) is 1. The minimum Gasteiger partial charge on any atom is -0.306 e. The molecule has 1 aromatic carbocycles. The summed E-state index contributed by atoms with van der Waals surface area (Å²) in [5.41, 5.74) is 1.15. The highest BCUT2D eigenvalue weighted by Gasteiger charge is 1.97. The number of benzene rings is 1. The van der Waals surface area contributed by atoms with Crippen molar-refractivity contribution in [2.24, 2.45) is 0 Å². The fourth-order valence-electron chi connectivity index (χ4n) is 0.990. The van der Waals surface area contributed by atoms with E-state index >= 15 is 0 Å². The third kappa shape index (κ3) is 3.82. The van der Waals surface area contributed by atoms with Crippen LogP contribution in [0.2, 0.25) is 5.02 Å². The monoisotopic (exact) mass is 273 g/mol. The third-order valence-corrected chi connectivity index (χ3v) is 2.79. The molecule has 0 aliphatic carbocycles. The van der Waals surface area contributed by atoms with Crippen LogP contribution in [0.4, 0.5) is 0 Å². The largest absolute Gasteiger partial charge is 0.306 e. The summed E-state index contributed by atoms with van der Waals surface area (Å²) in [4.78, 5) is 2.11. The van der Waals surface area contributed by atoms with Crippen molar-refractivity contribution in [2.75, 3.05) is 20.6 Å². The highest BCUT2D eigenvalue weighted by Crippen LogP contribution is 2.22. The van der Waals surface area contributed by atoms with Gasteiger partial charge in [-0.25, -0.2) is 0 Å². The molecular formula is C11H13BrClN. The van der Waals surface area contributed by atoms with Gasteiger partial charge >= 0.3 is 0 Å². The summed E-state index contributed by atoms with van der Waals surface area (Å²) in [6, 6.07) is 7.78. The fourth-order valence-corrected chi connectivity index (χ4v) is 1.52. The van der Waals surface area contributed by atoms with Gasteiger partial charge in [0, 0.05) is 16.0 Å². The van der Waals surface area contributed by atoms with Gasteiger partial charge in [0.15, 0.2) is 0 Å². The number of rotatable bonds is 3. The lowest BCUT2D eigenvalue weighted by molar-refractivity contribution is 0.457. The molecule has 0 N–H and O–H groups in total. The first-order valence-electron chi connectivity index (χ1n) is 4.36. The van der Waals surface area contributed by atoms with Gasteiger partial charge in [0.2, 0.25) is 0 Å². The van der Waals surface area contributed by atoms with Crippen molar-refractivity contribution in [3.63, 3.8) is 0 Å². The average molecular weight is 275 g/mol. The molecule has 1 rings (SSSR count). The molecule has 0 atom stereocenters. The van der Waals surface area contributed by atoms with E-state index in [9.17, 15) is 0 Å². The molecule has 0 saturated heterocycles. The van der Waals surface area contributed by atoms with Gasteiger partial charge in [0.1, 0.15) is 0 Å². The maximum atomic E-state index is 5.80. The van der Waals surface area contributed by atoms with Crippen LogP contribution in [0.5, 0.6) is 0 Å². The molecule has 76 valence electrons. The predicted molar refractivity (Wildman–Crippen MR) is 66.9 cm³/mol. The molecule has 0 bridgehead atoms. The molecule has 0 radical (unpaired) electrons. The zero-order valence-electron chi connectivity index (χ0n) is 8.30. The van der Waals surface area contributed by atoms with Crippen molar-refractivity contribution in [1.82, 2.24) is 4.90 Å². The molecule has 0 aliphatic rings. The summed E-state index contributed by atoms with van der Waals surface area (Å²) in [5.74, 6) is 0. The van der Waals surface area contributed by atoms with E-state index < -0.39 is 0 Å². The molecule has 0 aromatic heterocycles. The molecule has 0 unspecified atom stereocenters. The number of likely N-dealkylation sites (N-methyl/N-ethyl adjacent to an activating group) is 1. The Bertz CT molecular complexity index is 317. The molecule has 3 heteroatoms. The summed E-state index contributed by atoms with van der Waals surface area (Å²) in [7, 11) is 4.08. The van der Waals surface area contributed by atoms with Gasteiger partial charge in [-0.1, -0.05) is 45.7 Å². The SMILES string of the molecule is CN(C)CC=C(Br)c1ccc(Cl)cc1. The molecule has 0 fully saturated rings. The number of hydrogen-bond donors (Lipinski definition) is 0. The van der Waals surface area contributed by atoms with Crippen LogP contribution >= 0.6 is 27.5 Å². The highest BCUT2D eigenvalue weighted by molar-refractivity contribution is 9.15. The van der Waals surface area contributed by atoms with Crippen LogP contribution in [-0.4, -0.2) is 25.5 Å². The Morgan fingerprint density at radius 3 is 2.43 bits per heavy atom. The molecule has 0 spiro atoms. The van der Waals surface area contributed by atoms with E-state index in [1.54, 1.807) is 0 Å². The van der Waals surface area contributed by atoms with Gasteiger partial charge in [-0.2, -0.15) is 0 Å². The molecule has 14 heavy (non-hydrogen) atoms. The van der Waals surface area contributed by atoms with E-state index in [0.717, 1.165) is 21.6 Å². The molecule has 1 nitrogen and oxygen atoms in total. The van der Waals surface area contributed by atoms with Crippen LogP contribution in [0, 0.1) is 0 Å². The lowest BCUT2D eigenvalue weighted by atomic mass is 10.2. The second-order valence-corrected chi connectivity index (χ2v) is 4.61. The summed E-state index contributed by atoms with van der Waals surface area (Å²) in [6.07, 6.45) is 2.13. The van der Waals surface area contributed by atoms with Crippen LogP contribution in [0.1, 0.15) is 5.56 Å². The van der Waals surface area contributed by atoms with Crippen molar-refractivity contribution < 1.29 is 0 Å². The Balaban J connectivity index is 2.73. The first kappa shape index (κ1) is 11.8. The van der Waals surface area contributed by atoms with E-state index in [2.05, 4.69) is 26.9 Å². The Labute approximate surface area is 98.5 Å². The maximum Gasteiger partial charge on any atom is 0.0406 e. The zero-order valence-corrected chi connectivity index (χ0v) is 10.6. The Kier molecular flexibility index (Phi) is 4.66. The standard InChI is InChI=1S/C11H13BrClN/c1-14(2)8-7-11(12)9-3-5-10(13)6-4-9/h3-7H,8H2,1-2H3. The number of halogens is 2. The van der Waals surface area contributed by atoms with Crippen LogP contribution in [0.15, 0.2) is 30.3 Å². The Morgan fingerprint density at radius 1 is 1.36 bits per heavy atom. The highest BCUT2D eigenvalue weighted by atomic mass is 79.9. The zero-order chi connectivity index (χ0) is 10.6. The van der Waals surface area contributed by atoms with Crippen LogP contribution < -0.4 is 0 Å². The van der Waals surface area contributed by atoms with E-state index in [1.807, 2.05) is 38.4 Å². The molecular weight excluding hydrogens is 261 g/mol. The summed E-state index contributed by atoms with van der Waals surface area (Å²) >= 11 is 9.33. The van der Waals surface area contributed by atoms with Gasteiger partial charge < -0.3 is 4.90 Å².